The lowest BCUT2D eigenvalue weighted by molar-refractivity contribution is 0.522. The molecule has 1 unspecified atom stereocenters. The van der Waals surface area contributed by atoms with Gasteiger partial charge in [0, 0.05) is 73.9 Å². The van der Waals surface area contributed by atoms with E-state index < -0.39 is 27.0 Å². The average molecular weight is 1530 g/mol. The van der Waals surface area contributed by atoms with Crippen molar-refractivity contribution in [2.24, 2.45) is 0 Å². The third-order valence-electron chi connectivity index (χ3n) is 26.3. The van der Waals surface area contributed by atoms with Gasteiger partial charge in [0.1, 0.15) is 0 Å². The van der Waals surface area contributed by atoms with Gasteiger partial charge < -0.3 is 9.80 Å². The van der Waals surface area contributed by atoms with Crippen molar-refractivity contribution in [1.82, 2.24) is 0 Å². The first-order chi connectivity index (χ1) is 55.2. The average Bonchev–Trinajstić information content (AvgIpc) is 1.45. The van der Waals surface area contributed by atoms with Crippen molar-refractivity contribution in [3.63, 3.8) is 0 Å². The normalized spacial score (nSPS) is 14.9. The molecule has 18 aromatic rings. The maximum absolute atomic E-state index is 2.58. The van der Waals surface area contributed by atoms with E-state index in [1.807, 2.05) is 22.7 Å². The van der Waals surface area contributed by atoms with Crippen LogP contribution in [0.3, 0.4) is 0 Å². The van der Waals surface area contributed by atoms with E-state index in [9.17, 15) is 0 Å². The fraction of sp³-hybridized carbons (Fsp3) is 0.148. The van der Waals surface area contributed by atoms with Crippen LogP contribution in [0.1, 0.15) is 95.8 Å². The number of fused-ring (bicyclic) bond motifs is 26. The molecular weight excluding hydrogens is 1450 g/mol. The molecule has 550 valence electrons. The molecule has 2 nitrogen and oxygen atoms in total. The zero-order chi connectivity index (χ0) is 77.3. The van der Waals surface area contributed by atoms with Gasteiger partial charge in [0.15, 0.2) is 0 Å². The Morgan fingerprint density at radius 3 is 1.07 bits per heavy atom. The predicted octanol–water partition coefficient (Wildman–Crippen LogP) is 29.3. The molecule has 22 rings (SSSR count). The van der Waals surface area contributed by atoms with Gasteiger partial charge in [-0.15, -0.1) is 22.7 Å². The van der Waals surface area contributed by atoms with Crippen LogP contribution < -0.4 is 20.2 Å². The maximum atomic E-state index is 2.58. The number of anilines is 6. The van der Waals surface area contributed by atoms with Gasteiger partial charge >= 0.3 is 0 Å². The minimum absolute atomic E-state index is 0.0156. The van der Waals surface area contributed by atoms with Gasteiger partial charge in [-0.2, -0.15) is 0 Å². The highest BCUT2D eigenvalue weighted by molar-refractivity contribution is 7.26. The molecule has 0 radical (unpaired) electrons. The summed E-state index contributed by atoms with van der Waals surface area (Å²) in [6.45, 7) is 26.5. The van der Waals surface area contributed by atoms with Crippen LogP contribution in [0.4, 0.5) is 34.1 Å². The number of benzene rings is 16. The molecule has 2 spiro atoms. The Balaban J connectivity index is 0.687. The molecule has 4 aliphatic rings. The minimum atomic E-state index is -1.60. The molecule has 2 aromatic heterocycles. The minimum Gasteiger partial charge on any atom is -0.310 e. The van der Waals surface area contributed by atoms with Crippen LogP contribution in [0.15, 0.2) is 322 Å². The van der Waals surface area contributed by atoms with Crippen molar-refractivity contribution in [2.75, 3.05) is 9.80 Å². The van der Waals surface area contributed by atoms with Gasteiger partial charge in [-0.1, -0.05) is 321 Å². The lowest BCUT2D eigenvalue weighted by Crippen LogP contribution is -2.37. The highest BCUT2D eigenvalue weighted by Gasteiger charge is 2.53. The largest absolute Gasteiger partial charge is 0.310 e. The van der Waals surface area contributed by atoms with E-state index in [2.05, 4.69) is 405 Å². The summed E-state index contributed by atoms with van der Waals surface area (Å²) in [7, 11) is -3.19. The Labute approximate surface area is 679 Å². The number of hydrogen-bond acceptors (Lipinski definition) is 4. The Bertz CT molecular complexity index is 6990. The molecule has 0 aliphatic heterocycles. The Kier molecular flexibility index (Phi) is 15.0. The van der Waals surface area contributed by atoms with Crippen LogP contribution in [0.5, 0.6) is 0 Å². The lowest BCUT2D eigenvalue weighted by Gasteiger charge is -2.41. The summed E-state index contributed by atoms with van der Waals surface area (Å²) in [6, 6.07) is 126. The van der Waals surface area contributed by atoms with Crippen LogP contribution >= 0.6 is 22.7 Å². The van der Waals surface area contributed by atoms with E-state index in [0.717, 1.165) is 23.5 Å². The zero-order valence-electron chi connectivity index (χ0n) is 66.5. The summed E-state index contributed by atoms with van der Waals surface area (Å²) in [6.07, 6.45) is 0.845. The molecule has 4 aliphatic carbocycles. The van der Waals surface area contributed by atoms with Crippen LogP contribution in [0.2, 0.25) is 39.3 Å². The third-order valence-corrected chi connectivity index (χ3v) is 32.8. The standard InChI is InChI=1S/C108H88N2S2Si2/c1-105(2,3)67-39-43-69(44-40-67)109(93-60-55-82-99-78(93)29-22-34-89(99)107(85-31-17-12-24-75(85)76-25-13-18-32-86(76)107)91-58-62-97-103(101(82)91)80-27-15-20-36-95(80)111-97)70-45-41-68(42-46-70)106(4,5)65-66-38-57-88-84(64-66)77-26-14-19-33-87(77)108(88)90-35-23-30-79-94(61-56-83(100(79)90)102-92(108)59-63-98-104(102)81-28-16-21-37-96(81)112-98)110(71-47-51-73(52-48-71)113(6,7)8)72-49-53-74(54-50-72)114(9,10)11/h12-64H,65H2,1-11H3. The zero-order valence-corrected chi connectivity index (χ0v) is 70.2. The molecule has 0 saturated carbocycles. The summed E-state index contributed by atoms with van der Waals surface area (Å²) < 4.78 is 5.27. The molecule has 0 fully saturated rings. The molecule has 114 heavy (non-hydrogen) atoms. The summed E-state index contributed by atoms with van der Waals surface area (Å²) >= 11 is 3.83. The molecule has 0 amide bonds. The highest BCUT2D eigenvalue weighted by atomic mass is 32.1. The summed E-state index contributed by atoms with van der Waals surface area (Å²) in [4.78, 5) is 5.09. The first kappa shape index (κ1) is 69.2. The summed E-state index contributed by atoms with van der Waals surface area (Å²) in [5, 5.41) is 13.4. The van der Waals surface area contributed by atoms with Gasteiger partial charge in [-0.3, -0.25) is 0 Å². The molecule has 0 saturated heterocycles. The molecule has 6 heteroatoms. The second-order valence-corrected chi connectivity index (χ2v) is 48.6. The van der Waals surface area contributed by atoms with Crippen molar-refractivity contribution in [2.45, 2.75) is 102 Å². The Morgan fingerprint density at radius 2 is 0.640 bits per heavy atom. The third kappa shape index (κ3) is 9.87. The quantitative estimate of drug-likeness (QED) is 0.119. The second-order valence-electron chi connectivity index (χ2n) is 36.3. The van der Waals surface area contributed by atoms with Crippen LogP contribution in [-0.4, -0.2) is 16.1 Å². The monoisotopic (exact) mass is 1530 g/mol. The smallest absolute Gasteiger partial charge is 0.0775 e. The summed E-state index contributed by atoms with van der Waals surface area (Å²) in [5.74, 6) is 0. The van der Waals surface area contributed by atoms with Crippen molar-refractivity contribution in [1.29, 1.82) is 0 Å². The number of rotatable bonds is 11. The van der Waals surface area contributed by atoms with Crippen LogP contribution in [-0.2, 0) is 28.1 Å². The van der Waals surface area contributed by atoms with Gasteiger partial charge in [0.25, 0.3) is 0 Å². The van der Waals surface area contributed by atoms with Crippen molar-refractivity contribution in [3.8, 4) is 44.5 Å². The SMILES string of the molecule is CC(C)(C)c1ccc(N(c2ccc(C(C)(C)Cc3ccc4c(c3)-c3ccccc3C43c4ccc5sc6ccccc6c5c4-c4ccc(N(c5ccc([Si](C)(C)C)cc5)c5ccc([Si](C)(C)C)cc5)c5cccc3c45)cc2)c2ccc3c4c(cccc24)C2(c4ccccc4-c4ccccc42)c2ccc4sc5ccccc5c4c2-3)cc1. The fourth-order valence-corrected chi connectivity index (χ4v) is 25.6. The first-order valence-corrected chi connectivity index (χ1v) is 49.3. The summed E-state index contributed by atoms with van der Waals surface area (Å²) in [5.41, 5.74) is 30.7. The Hall–Kier alpha value is -11.5. The van der Waals surface area contributed by atoms with Gasteiger partial charge in [-0.25, -0.2) is 0 Å². The van der Waals surface area contributed by atoms with E-state index >= 15 is 0 Å². The van der Waals surface area contributed by atoms with E-state index in [1.54, 1.807) is 0 Å². The fourth-order valence-electron chi connectivity index (χ4n) is 21.0. The van der Waals surface area contributed by atoms with Crippen LogP contribution in [0, 0.1) is 0 Å². The van der Waals surface area contributed by atoms with E-state index in [1.165, 1.54) is 195 Å². The van der Waals surface area contributed by atoms with E-state index in [0.29, 0.717) is 0 Å². The predicted molar refractivity (Wildman–Crippen MR) is 497 cm³/mol. The maximum Gasteiger partial charge on any atom is 0.0775 e. The number of hydrogen-bond donors (Lipinski definition) is 0. The van der Waals surface area contributed by atoms with E-state index in [-0.39, 0.29) is 10.8 Å². The number of thiophene rings is 2. The second kappa shape index (κ2) is 24.8. The van der Waals surface area contributed by atoms with Gasteiger partial charge in [0.05, 0.1) is 38.4 Å². The van der Waals surface area contributed by atoms with Crippen LogP contribution in [0.25, 0.3) is 106 Å². The molecule has 0 bridgehead atoms. The molecule has 1 atom stereocenters. The van der Waals surface area contributed by atoms with Crippen molar-refractivity contribution < 1.29 is 0 Å². The molecule has 2 heterocycles. The lowest BCUT2D eigenvalue weighted by atomic mass is 9.61. The first-order valence-electron chi connectivity index (χ1n) is 40.7. The van der Waals surface area contributed by atoms with E-state index in [4.69, 9.17) is 0 Å². The molecule has 0 N–H and O–H groups in total. The highest BCUT2D eigenvalue weighted by Crippen LogP contribution is 2.67. The topological polar surface area (TPSA) is 6.48 Å². The molecular formula is C108H88N2S2Si2. The molecule has 16 aromatic carbocycles. The number of nitrogens with zero attached hydrogens (tertiary/aromatic N) is 2. The van der Waals surface area contributed by atoms with Gasteiger partial charge in [0.2, 0.25) is 0 Å². The van der Waals surface area contributed by atoms with Gasteiger partial charge in [-0.05, 0) is 219 Å². The van der Waals surface area contributed by atoms with Crippen molar-refractivity contribution in [3.05, 3.63) is 383 Å². The van der Waals surface area contributed by atoms with Crippen molar-refractivity contribution >= 4 is 145 Å². The Morgan fingerprint density at radius 1 is 0.281 bits per heavy atom.